The van der Waals surface area contributed by atoms with Crippen molar-refractivity contribution >= 4 is 0 Å². The lowest BCUT2D eigenvalue weighted by Gasteiger charge is -2.33. The van der Waals surface area contributed by atoms with E-state index in [1.54, 1.807) is 5.57 Å². The van der Waals surface area contributed by atoms with Crippen molar-refractivity contribution in [3.8, 4) is 0 Å². The van der Waals surface area contributed by atoms with Gasteiger partial charge in [0.05, 0.1) is 0 Å². The number of allylic oxidation sites excluding steroid dienone is 2. The lowest BCUT2D eigenvalue weighted by molar-refractivity contribution is 0.260. The summed E-state index contributed by atoms with van der Waals surface area (Å²) in [7, 11) is 4.28. The van der Waals surface area contributed by atoms with E-state index in [1.165, 1.54) is 25.9 Å². The molecule has 1 rings (SSSR count). The van der Waals surface area contributed by atoms with Crippen molar-refractivity contribution in [2.45, 2.75) is 33.6 Å². The first kappa shape index (κ1) is 14.7. The fraction of sp³-hybridized carbons (Fsp3) is 0.867. The second-order valence-corrected chi connectivity index (χ2v) is 6.08. The maximum atomic E-state index is 3.63. The summed E-state index contributed by atoms with van der Waals surface area (Å²) in [6.45, 7) is 10.6. The molecule has 1 N–H and O–H groups in total. The molecular formula is C15H30N2. The van der Waals surface area contributed by atoms with E-state index in [2.05, 4.69) is 51.2 Å². The van der Waals surface area contributed by atoms with Crippen LogP contribution in [0.5, 0.6) is 0 Å². The van der Waals surface area contributed by atoms with Crippen LogP contribution < -0.4 is 5.32 Å². The molecule has 3 atom stereocenters. The molecular weight excluding hydrogens is 208 g/mol. The lowest BCUT2D eigenvalue weighted by atomic mass is 9.75. The zero-order chi connectivity index (χ0) is 12.8. The van der Waals surface area contributed by atoms with Gasteiger partial charge in [0.15, 0.2) is 0 Å². The smallest absolute Gasteiger partial charge is 0.00123 e. The first-order valence-corrected chi connectivity index (χ1v) is 7.03. The molecule has 0 saturated heterocycles. The van der Waals surface area contributed by atoms with Crippen LogP contribution in [0.3, 0.4) is 0 Å². The monoisotopic (exact) mass is 238 g/mol. The molecule has 0 amide bonds. The SMILES string of the molecule is CC1=C[C@H](C)[C@H](CNCCCN(C)C)[C@H](C)C1. The second kappa shape index (κ2) is 7.17. The predicted octanol–water partition coefficient (Wildman–Crippen LogP) is 2.77. The molecule has 0 aromatic carbocycles. The molecule has 0 spiro atoms. The van der Waals surface area contributed by atoms with E-state index < -0.39 is 0 Å². The molecule has 1 aliphatic carbocycles. The zero-order valence-corrected chi connectivity index (χ0v) is 12.3. The lowest BCUT2D eigenvalue weighted by Crippen LogP contribution is -2.34. The minimum absolute atomic E-state index is 0.736. The van der Waals surface area contributed by atoms with E-state index in [0.29, 0.717) is 0 Å². The molecule has 0 heterocycles. The predicted molar refractivity (Wildman–Crippen MR) is 76.2 cm³/mol. The summed E-state index contributed by atoms with van der Waals surface area (Å²) >= 11 is 0. The van der Waals surface area contributed by atoms with Gasteiger partial charge in [0, 0.05) is 0 Å². The molecule has 0 aromatic rings. The average molecular weight is 238 g/mol. The third-order valence-electron chi connectivity index (χ3n) is 3.94. The van der Waals surface area contributed by atoms with E-state index in [-0.39, 0.29) is 0 Å². The average Bonchev–Trinajstić information content (AvgIpc) is 2.20. The molecule has 1 aliphatic rings. The van der Waals surface area contributed by atoms with E-state index in [0.717, 1.165) is 24.3 Å². The molecule has 0 saturated carbocycles. The largest absolute Gasteiger partial charge is 0.316 e. The van der Waals surface area contributed by atoms with Gasteiger partial charge in [-0.3, -0.25) is 0 Å². The number of rotatable bonds is 6. The highest BCUT2D eigenvalue weighted by Crippen LogP contribution is 2.32. The maximum Gasteiger partial charge on any atom is -0.00123 e. The first-order chi connectivity index (χ1) is 8.00. The minimum atomic E-state index is 0.736. The Kier molecular flexibility index (Phi) is 6.21. The summed E-state index contributed by atoms with van der Waals surface area (Å²) in [6, 6.07) is 0. The Hall–Kier alpha value is -0.340. The van der Waals surface area contributed by atoms with Crippen LogP contribution >= 0.6 is 0 Å². The summed E-state index contributed by atoms with van der Waals surface area (Å²) in [5.41, 5.74) is 1.58. The van der Waals surface area contributed by atoms with Crippen molar-refractivity contribution in [1.29, 1.82) is 0 Å². The first-order valence-electron chi connectivity index (χ1n) is 7.03. The zero-order valence-electron chi connectivity index (χ0n) is 12.3. The summed E-state index contributed by atoms with van der Waals surface area (Å²) < 4.78 is 0. The third kappa shape index (κ3) is 5.22. The molecule has 0 unspecified atom stereocenters. The molecule has 0 aliphatic heterocycles. The van der Waals surface area contributed by atoms with Crippen LogP contribution in [0.15, 0.2) is 11.6 Å². The summed E-state index contributed by atoms with van der Waals surface area (Å²) in [5.74, 6) is 2.38. The highest BCUT2D eigenvalue weighted by Gasteiger charge is 2.25. The van der Waals surface area contributed by atoms with Crippen LogP contribution in [0.25, 0.3) is 0 Å². The van der Waals surface area contributed by atoms with Crippen molar-refractivity contribution < 1.29 is 0 Å². The Morgan fingerprint density at radius 1 is 1.35 bits per heavy atom. The standard InChI is InChI=1S/C15H30N2/c1-12-9-13(2)15(14(3)10-12)11-16-7-6-8-17(4)5/h9,13-16H,6-8,10-11H2,1-5H3/t13-,14+,15-/m0/s1. The van der Waals surface area contributed by atoms with Crippen LogP contribution in [0.1, 0.15) is 33.6 Å². The molecule has 2 nitrogen and oxygen atoms in total. The van der Waals surface area contributed by atoms with Gasteiger partial charge in [-0.2, -0.15) is 0 Å². The summed E-state index contributed by atoms with van der Waals surface area (Å²) in [5, 5.41) is 3.63. The highest BCUT2D eigenvalue weighted by molar-refractivity contribution is 5.08. The minimum Gasteiger partial charge on any atom is -0.316 e. The van der Waals surface area contributed by atoms with Crippen LogP contribution in [0.4, 0.5) is 0 Å². The molecule has 17 heavy (non-hydrogen) atoms. The van der Waals surface area contributed by atoms with Gasteiger partial charge in [-0.25, -0.2) is 0 Å². The van der Waals surface area contributed by atoms with Crippen LogP contribution in [0.2, 0.25) is 0 Å². The van der Waals surface area contributed by atoms with Crippen molar-refractivity contribution in [3.05, 3.63) is 11.6 Å². The Labute approximate surface area is 107 Å². The molecule has 0 radical (unpaired) electrons. The van der Waals surface area contributed by atoms with Gasteiger partial charge < -0.3 is 10.2 Å². The van der Waals surface area contributed by atoms with Gasteiger partial charge in [-0.05, 0) is 71.2 Å². The van der Waals surface area contributed by atoms with Crippen LogP contribution in [-0.4, -0.2) is 38.6 Å². The van der Waals surface area contributed by atoms with E-state index in [4.69, 9.17) is 0 Å². The third-order valence-corrected chi connectivity index (χ3v) is 3.94. The van der Waals surface area contributed by atoms with Crippen molar-refractivity contribution in [2.75, 3.05) is 33.7 Å². The van der Waals surface area contributed by atoms with E-state index in [1.807, 2.05) is 0 Å². The maximum absolute atomic E-state index is 3.63. The summed E-state index contributed by atoms with van der Waals surface area (Å²) in [4.78, 5) is 2.25. The normalized spacial score (nSPS) is 29.5. The second-order valence-electron chi connectivity index (χ2n) is 6.08. The van der Waals surface area contributed by atoms with Gasteiger partial charge in [0.2, 0.25) is 0 Å². The fourth-order valence-electron chi connectivity index (χ4n) is 2.99. The Balaban J connectivity index is 2.22. The molecule has 0 aromatic heterocycles. The van der Waals surface area contributed by atoms with Gasteiger partial charge in [-0.15, -0.1) is 0 Å². The van der Waals surface area contributed by atoms with Crippen LogP contribution in [-0.2, 0) is 0 Å². The Morgan fingerprint density at radius 2 is 2.06 bits per heavy atom. The van der Waals surface area contributed by atoms with Gasteiger partial charge >= 0.3 is 0 Å². The number of nitrogens with zero attached hydrogens (tertiary/aromatic N) is 1. The molecule has 100 valence electrons. The quantitative estimate of drug-likeness (QED) is 0.565. The number of hydrogen-bond acceptors (Lipinski definition) is 2. The number of nitrogens with one attached hydrogen (secondary N) is 1. The van der Waals surface area contributed by atoms with Crippen molar-refractivity contribution in [2.24, 2.45) is 17.8 Å². The Morgan fingerprint density at radius 3 is 2.65 bits per heavy atom. The van der Waals surface area contributed by atoms with Crippen molar-refractivity contribution in [1.82, 2.24) is 10.2 Å². The van der Waals surface area contributed by atoms with Crippen LogP contribution in [0, 0.1) is 17.8 Å². The van der Waals surface area contributed by atoms with Crippen molar-refractivity contribution in [3.63, 3.8) is 0 Å². The van der Waals surface area contributed by atoms with E-state index >= 15 is 0 Å². The number of hydrogen-bond donors (Lipinski definition) is 1. The molecule has 2 heteroatoms. The van der Waals surface area contributed by atoms with Gasteiger partial charge in [0.25, 0.3) is 0 Å². The Bertz CT molecular complexity index is 245. The van der Waals surface area contributed by atoms with E-state index in [9.17, 15) is 0 Å². The fourth-order valence-corrected chi connectivity index (χ4v) is 2.99. The summed E-state index contributed by atoms with van der Waals surface area (Å²) in [6.07, 6.45) is 5.00. The molecule has 0 bridgehead atoms. The topological polar surface area (TPSA) is 15.3 Å². The van der Waals surface area contributed by atoms with Gasteiger partial charge in [0.1, 0.15) is 0 Å². The highest BCUT2D eigenvalue weighted by atomic mass is 15.1. The molecule has 0 fully saturated rings. The van der Waals surface area contributed by atoms with Gasteiger partial charge in [-0.1, -0.05) is 25.5 Å².